The number of guanidine groups is 1. The van der Waals surface area contributed by atoms with E-state index in [9.17, 15) is 0 Å². The van der Waals surface area contributed by atoms with E-state index in [-0.39, 0.29) is 29.5 Å². The Morgan fingerprint density at radius 1 is 1.28 bits per heavy atom. The molecular formula is C21H39IN6O. The Bertz CT molecular complexity index is 613. The first-order chi connectivity index (χ1) is 13.5. The lowest BCUT2D eigenvalue weighted by Gasteiger charge is -2.42. The SMILES string of the molecule is CCNC(=NCC(C)(C)N1CCCC(C)C1)N1CCN(Cc2ccon2)CC1.I. The van der Waals surface area contributed by atoms with Crippen molar-refractivity contribution < 1.29 is 4.52 Å². The van der Waals surface area contributed by atoms with Gasteiger partial charge in [-0.15, -0.1) is 24.0 Å². The summed E-state index contributed by atoms with van der Waals surface area (Å²) < 4.78 is 4.95. The van der Waals surface area contributed by atoms with Gasteiger partial charge in [-0.3, -0.25) is 14.8 Å². The number of likely N-dealkylation sites (tertiary alicyclic amines) is 1. The molecular weight excluding hydrogens is 479 g/mol. The van der Waals surface area contributed by atoms with Gasteiger partial charge in [0.25, 0.3) is 0 Å². The number of nitrogens with one attached hydrogen (secondary N) is 1. The Labute approximate surface area is 193 Å². The Hall–Kier alpha value is -0.870. The van der Waals surface area contributed by atoms with Crippen LogP contribution in [0, 0.1) is 5.92 Å². The summed E-state index contributed by atoms with van der Waals surface area (Å²) in [5.74, 6) is 1.85. The van der Waals surface area contributed by atoms with Gasteiger partial charge in [0.1, 0.15) is 6.26 Å². The molecule has 0 saturated carbocycles. The standard InChI is InChI=1S/C21H38N6O.HI/c1-5-22-20(23-17-21(3,4)27-9-6-7-18(2)15-27)26-12-10-25(11-13-26)16-19-8-14-28-24-19;/h8,14,18H,5-7,9-13,15-17H2,1-4H3,(H,22,23);1H. The molecule has 2 fully saturated rings. The van der Waals surface area contributed by atoms with E-state index >= 15 is 0 Å². The number of piperazine rings is 1. The number of rotatable bonds is 6. The number of piperidine rings is 1. The molecule has 1 aromatic rings. The van der Waals surface area contributed by atoms with E-state index in [2.05, 4.69) is 52.9 Å². The molecule has 0 radical (unpaired) electrons. The number of nitrogens with zero attached hydrogens (tertiary/aromatic N) is 5. The summed E-state index contributed by atoms with van der Waals surface area (Å²) in [7, 11) is 0. The molecule has 166 valence electrons. The van der Waals surface area contributed by atoms with Gasteiger partial charge in [-0.1, -0.05) is 12.1 Å². The van der Waals surface area contributed by atoms with Gasteiger partial charge in [0.05, 0.1) is 12.2 Å². The third kappa shape index (κ3) is 7.10. The average molecular weight is 518 g/mol. The molecule has 1 unspecified atom stereocenters. The maximum absolute atomic E-state index is 5.05. The molecule has 1 N–H and O–H groups in total. The van der Waals surface area contributed by atoms with Crippen molar-refractivity contribution in [2.45, 2.75) is 52.6 Å². The fourth-order valence-corrected chi connectivity index (χ4v) is 4.20. The normalized spacial score (nSPS) is 22.4. The molecule has 1 aromatic heterocycles. The first-order valence-corrected chi connectivity index (χ1v) is 10.9. The minimum absolute atomic E-state index is 0. The second-order valence-electron chi connectivity index (χ2n) is 8.93. The van der Waals surface area contributed by atoms with Crippen LogP contribution in [0.2, 0.25) is 0 Å². The average Bonchev–Trinajstić information content (AvgIpc) is 3.19. The lowest BCUT2D eigenvalue weighted by molar-refractivity contribution is 0.0771. The molecule has 0 aromatic carbocycles. The zero-order valence-corrected chi connectivity index (χ0v) is 20.9. The van der Waals surface area contributed by atoms with Crippen LogP contribution >= 0.6 is 24.0 Å². The van der Waals surface area contributed by atoms with E-state index < -0.39 is 0 Å². The maximum atomic E-state index is 5.05. The molecule has 29 heavy (non-hydrogen) atoms. The lowest BCUT2D eigenvalue weighted by atomic mass is 9.94. The Kier molecular flexibility index (Phi) is 9.68. The topological polar surface area (TPSA) is 60.1 Å². The minimum atomic E-state index is 0. The summed E-state index contributed by atoms with van der Waals surface area (Å²) in [6.45, 7) is 18.2. The summed E-state index contributed by atoms with van der Waals surface area (Å²) in [5.41, 5.74) is 1.11. The van der Waals surface area contributed by atoms with E-state index in [0.29, 0.717) is 0 Å². The Morgan fingerprint density at radius 2 is 2.03 bits per heavy atom. The molecule has 2 saturated heterocycles. The van der Waals surface area contributed by atoms with Crippen LogP contribution in [0.25, 0.3) is 0 Å². The minimum Gasteiger partial charge on any atom is -0.364 e. The summed E-state index contributed by atoms with van der Waals surface area (Å²) >= 11 is 0. The molecule has 7 nitrogen and oxygen atoms in total. The van der Waals surface area contributed by atoms with E-state index in [0.717, 1.165) is 63.4 Å². The fourth-order valence-electron chi connectivity index (χ4n) is 4.20. The summed E-state index contributed by atoms with van der Waals surface area (Å²) in [5, 5.41) is 7.54. The molecule has 3 heterocycles. The number of hydrogen-bond donors (Lipinski definition) is 1. The molecule has 0 spiro atoms. The predicted octanol–water partition coefficient (Wildman–Crippen LogP) is 2.89. The first kappa shape index (κ1) is 24.4. The van der Waals surface area contributed by atoms with Crippen LogP contribution < -0.4 is 5.32 Å². The van der Waals surface area contributed by atoms with Crippen molar-refractivity contribution in [3.63, 3.8) is 0 Å². The van der Waals surface area contributed by atoms with Crippen LogP contribution in [0.15, 0.2) is 21.8 Å². The Balaban J connectivity index is 0.00000300. The van der Waals surface area contributed by atoms with Crippen LogP contribution in [0.1, 0.15) is 46.2 Å². The van der Waals surface area contributed by atoms with Gasteiger partial charge < -0.3 is 14.7 Å². The van der Waals surface area contributed by atoms with Gasteiger partial charge in [-0.05, 0) is 46.1 Å². The van der Waals surface area contributed by atoms with Gasteiger partial charge in [-0.2, -0.15) is 0 Å². The molecule has 1 atom stereocenters. The monoisotopic (exact) mass is 518 g/mol. The number of halogens is 1. The molecule has 0 amide bonds. The highest BCUT2D eigenvalue weighted by atomic mass is 127. The van der Waals surface area contributed by atoms with Gasteiger partial charge in [0.15, 0.2) is 5.96 Å². The number of aliphatic imine (C=N–C) groups is 1. The van der Waals surface area contributed by atoms with Crippen LogP contribution in [-0.2, 0) is 6.54 Å². The van der Waals surface area contributed by atoms with Crippen molar-refractivity contribution in [1.82, 2.24) is 25.2 Å². The quantitative estimate of drug-likeness (QED) is 0.355. The van der Waals surface area contributed by atoms with Crippen molar-refractivity contribution in [3.8, 4) is 0 Å². The third-order valence-corrected chi connectivity index (χ3v) is 6.01. The largest absolute Gasteiger partial charge is 0.364 e. The smallest absolute Gasteiger partial charge is 0.194 e. The van der Waals surface area contributed by atoms with Gasteiger partial charge >= 0.3 is 0 Å². The van der Waals surface area contributed by atoms with Crippen molar-refractivity contribution >= 4 is 29.9 Å². The third-order valence-electron chi connectivity index (χ3n) is 6.01. The molecule has 0 bridgehead atoms. The van der Waals surface area contributed by atoms with Crippen LogP contribution in [0.5, 0.6) is 0 Å². The van der Waals surface area contributed by atoms with E-state index in [1.54, 1.807) is 6.26 Å². The summed E-state index contributed by atoms with van der Waals surface area (Å²) in [4.78, 5) is 12.5. The van der Waals surface area contributed by atoms with Crippen LogP contribution in [-0.4, -0.2) is 83.7 Å². The van der Waals surface area contributed by atoms with Gasteiger partial charge in [0, 0.05) is 57.4 Å². The highest BCUT2D eigenvalue weighted by Crippen LogP contribution is 2.24. The van der Waals surface area contributed by atoms with Crippen molar-refractivity contribution in [1.29, 1.82) is 0 Å². The van der Waals surface area contributed by atoms with Crippen LogP contribution in [0.3, 0.4) is 0 Å². The maximum Gasteiger partial charge on any atom is 0.194 e. The van der Waals surface area contributed by atoms with Gasteiger partial charge in [0.2, 0.25) is 0 Å². The van der Waals surface area contributed by atoms with E-state index in [1.807, 2.05) is 6.07 Å². The van der Waals surface area contributed by atoms with Crippen molar-refractivity contribution in [2.24, 2.45) is 10.9 Å². The van der Waals surface area contributed by atoms with Gasteiger partial charge in [-0.25, -0.2) is 0 Å². The van der Waals surface area contributed by atoms with E-state index in [1.165, 1.54) is 25.9 Å². The predicted molar refractivity (Wildman–Crippen MR) is 129 cm³/mol. The molecule has 2 aliphatic heterocycles. The Morgan fingerprint density at radius 3 is 2.66 bits per heavy atom. The number of hydrogen-bond acceptors (Lipinski definition) is 5. The van der Waals surface area contributed by atoms with Crippen molar-refractivity contribution in [3.05, 3.63) is 18.0 Å². The molecule has 2 aliphatic rings. The molecule has 3 rings (SSSR count). The fraction of sp³-hybridized carbons (Fsp3) is 0.810. The molecule has 8 heteroatoms. The van der Waals surface area contributed by atoms with Crippen LogP contribution in [0.4, 0.5) is 0 Å². The summed E-state index contributed by atoms with van der Waals surface area (Å²) in [6, 6.07) is 1.95. The lowest BCUT2D eigenvalue weighted by Crippen LogP contribution is -2.54. The summed E-state index contributed by atoms with van der Waals surface area (Å²) in [6.07, 6.45) is 4.31. The van der Waals surface area contributed by atoms with E-state index in [4.69, 9.17) is 9.52 Å². The molecule has 0 aliphatic carbocycles. The second kappa shape index (κ2) is 11.5. The van der Waals surface area contributed by atoms with Crippen molar-refractivity contribution in [2.75, 3.05) is 52.4 Å². The zero-order chi connectivity index (χ0) is 20.0. The second-order valence-corrected chi connectivity index (χ2v) is 8.93. The number of aromatic nitrogens is 1. The highest BCUT2D eigenvalue weighted by Gasteiger charge is 2.30. The zero-order valence-electron chi connectivity index (χ0n) is 18.6. The highest BCUT2D eigenvalue weighted by molar-refractivity contribution is 14.0. The first-order valence-electron chi connectivity index (χ1n) is 10.9.